The summed E-state index contributed by atoms with van der Waals surface area (Å²) in [5.74, 6) is 4.32. The van der Waals surface area contributed by atoms with Crippen LogP contribution in [-0.4, -0.2) is 113 Å². The molecule has 4 heterocycles. The average molecular weight is 1240 g/mol. The maximum Gasteiger partial charge on any atom is 0.258 e. The Morgan fingerprint density at radius 1 is 0.789 bits per heavy atom. The molecule has 90 heavy (non-hydrogen) atoms. The molecule has 17 nitrogen and oxygen atoms in total. The number of benzene rings is 4. The molecule has 10 rings (SSSR count). The number of hydrogen-bond acceptors (Lipinski definition) is 11. The number of aliphatic hydroxyl groups excluding tert-OH is 2. The van der Waals surface area contributed by atoms with Gasteiger partial charge in [-0.05, 0) is 123 Å². The Balaban J connectivity index is 0.690. The minimum Gasteiger partial charge on any atom is -0.393 e. The van der Waals surface area contributed by atoms with Crippen LogP contribution in [0.1, 0.15) is 152 Å². The number of likely N-dealkylation sites (tertiary alicyclic amines) is 1. The van der Waals surface area contributed by atoms with E-state index in [1.807, 2.05) is 90.6 Å². The minimum atomic E-state index is -2.02. The number of aromatic nitrogens is 4. The summed E-state index contributed by atoms with van der Waals surface area (Å²) in [6, 6.07) is 33.3. The van der Waals surface area contributed by atoms with Gasteiger partial charge in [0.15, 0.2) is 5.67 Å². The molecular formula is C71H83FN10O7S. The van der Waals surface area contributed by atoms with Gasteiger partial charge in [0.05, 0.1) is 58.2 Å². The third kappa shape index (κ3) is 15.8. The molecule has 0 radical (unpaired) electrons. The van der Waals surface area contributed by atoms with E-state index in [1.54, 1.807) is 26.3 Å². The Hall–Kier alpha value is -8.31. The number of aliphatic hydroxyl groups is 2. The zero-order valence-electron chi connectivity index (χ0n) is 51.9. The van der Waals surface area contributed by atoms with E-state index < -0.39 is 53.0 Å². The van der Waals surface area contributed by atoms with Gasteiger partial charge in [0.2, 0.25) is 23.6 Å². The molecule has 2 saturated carbocycles. The van der Waals surface area contributed by atoms with E-state index in [2.05, 4.69) is 79.1 Å². The quantitative estimate of drug-likeness (QED) is 0.0225. The summed E-state index contributed by atoms with van der Waals surface area (Å²) >= 11 is 1.48. The Bertz CT molecular complexity index is 3820. The average Bonchev–Trinajstić information content (AvgIpc) is 1.58. The van der Waals surface area contributed by atoms with Crippen LogP contribution in [0, 0.1) is 29.6 Å². The molecule has 1 aliphatic heterocycles. The second kappa shape index (κ2) is 29.1. The molecule has 7 N–H and O–H groups in total. The van der Waals surface area contributed by atoms with Crippen LogP contribution in [0.3, 0.4) is 0 Å². The van der Waals surface area contributed by atoms with Gasteiger partial charge in [-0.25, -0.2) is 14.4 Å². The van der Waals surface area contributed by atoms with Crippen LogP contribution in [0.15, 0.2) is 121 Å². The number of thiazole rings is 1. The predicted octanol–water partition coefficient (Wildman–Crippen LogP) is 10.2. The molecule has 4 atom stereocenters. The predicted molar refractivity (Wildman–Crippen MR) is 347 cm³/mol. The highest BCUT2D eigenvalue weighted by Gasteiger charge is 2.53. The fourth-order valence-electron chi connectivity index (χ4n) is 12.4. The van der Waals surface area contributed by atoms with Crippen molar-refractivity contribution in [2.45, 2.75) is 173 Å². The van der Waals surface area contributed by atoms with Crippen molar-refractivity contribution in [1.29, 1.82) is 5.41 Å². The molecule has 3 fully saturated rings. The van der Waals surface area contributed by atoms with E-state index in [1.165, 1.54) is 16.2 Å². The monoisotopic (exact) mass is 1240 g/mol. The third-order valence-corrected chi connectivity index (χ3v) is 18.5. The van der Waals surface area contributed by atoms with Crippen LogP contribution in [-0.2, 0) is 30.5 Å². The first-order chi connectivity index (χ1) is 43.3. The smallest absolute Gasteiger partial charge is 0.258 e. The van der Waals surface area contributed by atoms with E-state index in [0.717, 1.165) is 86.4 Å². The van der Waals surface area contributed by atoms with Crippen molar-refractivity contribution >= 4 is 51.9 Å². The molecule has 472 valence electrons. The number of fused-ring (bicyclic) bond motifs is 1. The number of halogens is 1. The van der Waals surface area contributed by atoms with E-state index >= 15 is 0 Å². The second-order valence-corrected chi connectivity index (χ2v) is 26.3. The van der Waals surface area contributed by atoms with Gasteiger partial charge in [-0.15, -0.1) is 11.3 Å². The Morgan fingerprint density at radius 3 is 2.18 bits per heavy atom. The summed E-state index contributed by atoms with van der Waals surface area (Å²) in [4.78, 5) is 79.6. The zero-order valence-corrected chi connectivity index (χ0v) is 52.7. The molecule has 0 bridgehead atoms. The molecule has 19 heteroatoms. The summed E-state index contributed by atoms with van der Waals surface area (Å²) in [5.41, 5.74) is 8.37. The maximum absolute atomic E-state index is 14.8. The summed E-state index contributed by atoms with van der Waals surface area (Å²) in [5, 5.41) is 43.3. The lowest BCUT2D eigenvalue weighted by molar-refractivity contribution is -0.145. The largest absolute Gasteiger partial charge is 0.393 e. The minimum absolute atomic E-state index is 0.0310. The zero-order chi connectivity index (χ0) is 63.5. The first-order valence-electron chi connectivity index (χ1n) is 31.7. The highest BCUT2D eigenvalue weighted by molar-refractivity contribution is 7.13. The standard InChI is InChI=1S/C71H83FN10O7S/c1-46-63(90-45-77-46)52-28-19-27-51(39-52)56(78-67(87)57-40-55(84)43-80(57)68(88)64(70(2,3)4)79-69(89)71(72)34-35-71)41-59(86)75-37-17-9-15-29-58(85)74-36-16-6-5-10-20-47-21-18-22-48(38-47)42-81-62(50-25-13-8-14-26-50)60(49-23-11-7-12-24-49)61-65(73)82(44-76-66(61)81)53-30-32-54(83)33-31-53/h7-8,11-14,18-19,21-28,38-39,44-45,53-57,64,73,83-84H,5-6,9,15-17,29-37,40-43H2,1-4H3,(H,74,85)(H,75,86)(H,78,87)(H,79,89)/t53?,54?,55-,56+,57+,64?/m1/s1. The van der Waals surface area contributed by atoms with Crippen LogP contribution in [0.2, 0.25) is 0 Å². The van der Waals surface area contributed by atoms with Crippen LogP contribution in [0.5, 0.6) is 0 Å². The van der Waals surface area contributed by atoms with Gasteiger partial charge >= 0.3 is 0 Å². The molecule has 2 aliphatic carbocycles. The topological polar surface area (TPSA) is 237 Å². The summed E-state index contributed by atoms with van der Waals surface area (Å²) < 4.78 is 19.1. The number of carbonyl (C=O) groups is 5. The highest BCUT2D eigenvalue weighted by atomic mass is 32.1. The third-order valence-electron chi connectivity index (χ3n) is 17.5. The second-order valence-electron chi connectivity index (χ2n) is 25.5. The fraction of sp³-hybridized carbons (Fsp3) is 0.437. The van der Waals surface area contributed by atoms with Crippen LogP contribution >= 0.6 is 11.3 Å². The number of nitrogens with one attached hydrogen (secondary N) is 5. The SMILES string of the molecule is Cc1ncsc1-c1cccc([C@H](CC(=O)NCCCCCC(=O)NCCCCC#Cc2cccc(Cn3c(-c4ccccc4)c(-c4ccccc4)c4c(=N)n(C5CCC(O)CC5)cnc43)c2)NC(=O)[C@@H]2C[C@@H](O)CN2C(=O)C(NC(=O)C2(F)CC2)C(C)(C)C)c1. The van der Waals surface area contributed by atoms with E-state index in [9.17, 15) is 44.0 Å². The fourth-order valence-corrected chi connectivity index (χ4v) is 13.2. The van der Waals surface area contributed by atoms with Gasteiger partial charge in [-0.2, -0.15) is 0 Å². The molecule has 1 unspecified atom stereocenters. The number of nitrogens with zero attached hydrogens (tertiary/aromatic N) is 5. The molecule has 4 aromatic carbocycles. The molecular weight excluding hydrogens is 1160 g/mol. The van der Waals surface area contributed by atoms with Crippen LogP contribution in [0.4, 0.5) is 4.39 Å². The van der Waals surface area contributed by atoms with Gasteiger partial charge in [-0.3, -0.25) is 29.4 Å². The van der Waals surface area contributed by atoms with Gasteiger partial charge < -0.3 is 45.5 Å². The van der Waals surface area contributed by atoms with Gasteiger partial charge in [0, 0.05) is 62.6 Å². The van der Waals surface area contributed by atoms with Crippen molar-refractivity contribution in [1.82, 2.24) is 45.3 Å². The molecule has 1 saturated heterocycles. The Kier molecular flexibility index (Phi) is 20.9. The Labute approximate surface area is 529 Å². The maximum atomic E-state index is 14.8. The van der Waals surface area contributed by atoms with Crippen molar-refractivity contribution in [3.8, 4) is 44.7 Å². The van der Waals surface area contributed by atoms with Crippen molar-refractivity contribution in [3.63, 3.8) is 0 Å². The molecule has 3 aromatic heterocycles. The number of β-amino-alcohol motifs (C(OH)–C–C–N with tert-alkyl or cyclic N) is 1. The Morgan fingerprint density at radius 2 is 1.48 bits per heavy atom. The number of aryl methyl sites for hydroxylation is 1. The number of carbonyl (C=O) groups excluding carboxylic acids is 5. The van der Waals surface area contributed by atoms with Crippen molar-refractivity contribution in [2.75, 3.05) is 19.6 Å². The molecule has 0 spiro atoms. The summed E-state index contributed by atoms with van der Waals surface area (Å²) in [7, 11) is 0. The normalized spacial score (nSPS) is 18.5. The number of hydrogen-bond donors (Lipinski definition) is 7. The molecule has 3 aliphatic rings. The number of unbranched alkanes of at least 4 members (excludes halogenated alkanes) is 4. The lowest BCUT2D eigenvalue weighted by Gasteiger charge is -2.36. The first kappa shape index (κ1) is 64.7. The highest BCUT2D eigenvalue weighted by Crippen LogP contribution is 2.42. The van der Waals surface area contributed by atoms with Gasteiger partial charge in [0.1, 0.15) is 23.2 Å². The molecule has 5 amide bonds. The van der Waals surface area contributed by atoms with Gasteiger partial charge in [0.25, 0.3) is 5.91 Å². The number of rotatable bonds is 24. The van der Waals surface area contributed by atoms with Crippen molar-refractivity contribution in [3.05, 3.63) is 149 Å². The van der Waals surface area contributed by atoms with Crippen molar-refractivity contribution in [2.24, 2.45) is 5.41 Å². The lowest BCUT2D eigenvalue weighted by Crippen LogP contribution is -2.59. The first-order valence-corrected chi connectivity index (χ1v) is 32.6. The summed E-state index contributed by atoms with van der Waals surface area (Å²) in [6.07, 6.45) is 8.06. The van der Waals surface area contributed by atoms with Crippen molar-refractivity contribution < 1.29 is 38.6 Å². The van der Waals surface area contributed by atoms with E-state index in [4.69, 9.17) is 4.98 Å². The summed E-state index contributed by atoms with van der Waals surface area (Å²) in [6.45, 7) is 8.39. The number of amides is 5. The van der Waals surface area contributed by atoms with Crippen LogP contribution in [0.25, 0.3) is 43.9 Å². The van der Waals surface area contributed by atoms with E-state index in [0.29, 0.717) is 75.6 Å². The number of alkyl halides is 1. The lowest BCUT2D eigenvalue weighted by atomic mass is 9.85. The van der Waals surface area contributed by atoms with Gasteiger partial charge in [-0.1, -0.05) is 130 Å². The van der Waals surface area contributed by atoms with Crippen LogP contribution < -0.4 is 26.8 Å². The molecule has 7 aromatic rings. The van der Waals surface area contributed by atoms with E-state index in [-0.39, 0.29) is 56.2 Å².